The third-order valence-electron chi connectivity index (χ3n) is 4.90. The molecule has 0 aliphatic carbocycles. The Morgan fingerprint density at radius 3 is 2.79 bits per heavy atom. The van der Waals surface area contributed by atoms with Gasteiger partial charge in [0.15, 0.2) is 0 Å². The Hall–Kier alpha value is -2.38. The molecule has 1 atom stereocenters. The first-order chi connectivity index (χ1) is 13.8. The second-order valence-corrected chi connectivity index (χ2v) is 8.89. The van der Waals surface area contributed by atoms with Crippen LogP contribution >= 0.6 is 22.9 Å². The number of amides is 1. The van der Waals surface area contributed by atoms with E-state index in [4.69, 9.17) is 11.6 Å². The third-order valence-corrected chi connectivity index (χ3v) is 6.26. The molecule has 0 aliphatic rings. The van der Waals surface area contributed by atoms with Crippen molar-refractivity contribution in [3.63, 3.8) is 0 Å². The molecule has 1 aromatic carbocycles. The van der Waals surface area contributed by atoms with Gasteiger partial charge in [0.25, 0.3) is 5.56 Å². The highest BCUT2D eigenvalue weighted by molar-refractivity contribution is 7.18. The quantitative estimate of drug-likeness (QED) is 0.484. The zero-order valence-electron chi connectivity index (χ0n) is 17.0. The van der Waals surface area contributed by atoms with Gasteiger partial charge in [-0.25, -0.2) is 4.98 Å². The summed E-state index contributed by atoms with van der Waals surface area (Å²) in [5, 5.41) is 7.04. The van der Waals surface area contributed by atoms with E-state index >= 15 is 0 Å². The van der Waals surface area contributed by atoms with Gasteiger partial charge < -0.3 is 15.6 Å². The van der Waals surface area contributed by atoms with Crippen LogP contribution in [-0.2, 0) is 17.8 Å². The van der Waals surface area contributed by atoms with E-state index in [0.717, 1.165) is 39.2 Å². The maximum Gasteiger partial charge on any atom is 0.259 e. The number of nitrogens with zero attached hydrogens (tertiary/aromatic N) is 1. The van der Waals surface area contributed by atoms with Crippen molar-refractivity contribution in [2.75, 3.05) is 10.6 Å². The van der Waals surface area contributed by atoms with Crippen LogP contribution in [0, 0.1) is 12.8 Å². The van der Waals surface area contributed by atoms with Crippen LogP contribution in [0.3, 0.4) is 0 Å². The molecule has 0 aliphatic heterocycles. The van der Waals surface area contributed by atoms with Gasteiger partial charge in [0.1, 0.15) is 10.7 Å². The molecule has 6 nitrogen and oxygen atoms in total. The summed E-state index contributed by atoms with van der Waals surface area (Å²) in [4.78, 5) is 33.4. The van der Waals surface area contributed by atoms with E-state index < -0.39 is 0 Å². The number of anilines is 2. The fourth-order valence-electron chi connectivity index (χ4n) is 3.14. The van der Waals surface area contributed by atoms with Gasteiger partial charge in [0, 0.05) is 17.5 Å². The molecule has 0 saturated carbocycles. The van der Waals surface area contributed by atoms with Crippen LogP contribution in [0.2, 0.25) is 5.02 Å². The molecule has 3 rings (SSSR count). The first-order valence-electron chi connectivity index (χ1n) is 9.60. The molecule has 2 aromatic heterocycles. The number of aryl methyl sites for hydroxylation is 1. The topological polar surface area (TPSA) is 86.9 Å². The molecule has 0 spiro atoms. The number of carbonyl (C=O) groups is 1. The Bertz CT molecular complexity index is 1110. The Morgan fingerprint density at radius 2 is 2.14 bits per heavy atom. The van der Waals surface area contributed by atoms with Crippen LogP contribution in [0.25, 0.3) is 10.2 Å². The largest absolute Gasteiger partial charge is 0.378 e. The van der Waals surface area contributed by atoms with Crippen molar-refractivity contribution in [3.05, 3.63) is 49.8 Å². The lowest BCUT2D eigenvalue weighted by atomic mass is 9.98. The van der Waals surface area contributed by atoms with E-state index in [0.29, 0.717) is 29.0 Å². The molecule has 0 saturated heterocycles. The van der Waals surface area contributed by atoms with E-state index in [2.05, 4.69) is 41.4 Å². The standard InChI is InChI=1S/C21H25ClN4O2S/c1-5-11(2)8-15-12(3)29-21-19(15)20(28)25-18(26-21)10-23-14-6-7-17(16(22)9-14)24-13(4)27/h6-7,9,11,23H,5,8,10H2,1-4H3,(H,24,27)(H,25,26,28). The third kappa shape index (κ3) is 4.97. The first kappa shape index (κ1) is 21.3. The van der Waals surface area contributed by atoms with Gasteiger partial charge in [-0.2, -0.15) is 0 Å². The zero-order valence-corrected chi connectivity index (χ0v) is 18.6. The number of halogens is 1. The molecular weight excluding hydrogens is 408 g/mol. The van der Waals surface area contributed by atoms with Crippen molar-refractivity contribution in [2.45, 2.75) is 47.1 Å². The lowest BCUT2D eigenvalue weighted by Gasteiger charge is -2.10. The van der Waals surface area contributed by atoms with E-state index in [-0.39, 0.29) is 11.5 Å². The molecule has 8 heteroatoms. The number of benzene rings is 1. The number of thiophene rings is 1. The van der Waals surface area contributed by atoms with Crippen LogP contribution in [0.4, 0.5) is 11.4 Å². The van der Waals surface area contributed by atoms with Gasteiger partial charge in [-0.3, -0.25) is 9.59 Å². The monoisotopic (exact) mass is 432 g/mol. The highest BCUT2D eigenvalue weighted by Crippen LogP contribution is 2.30. The number of fused-ring (bicyclic) bond motifs is 1. The number of rotatable bonds is 7. The second-order valence-electron chi connectivity index (χ2n) is 7.28. The number of aromatic amines is 1. The molecule has 1 amide bonds. The number of nitrogens with one attached hydrogen (secondary N) is 3. The lowest BCUT2D eigenvalue weighted by molar-refractivity contribution is -0.114. The summed E-state index contributed by atoms with van der Waals surface area (Å²) in [6.45, 7) is 8.21. The first-order valence-corrected chi connectivity index (χ1v) is 10.8. The predicted molar refractivity (Wildman–Crippen MR) is 121 cm³/mol. The second kappa shape index (κ2) is 8.97. The number of aromatic nitrogens is 2. The van der Waals surface area contributed by atoms with E-state index in [1.807, 2.05) is 6.07 Å². The molecule has 0 bridgehead atoms. The minimum atomic E-state index is -0.179. The van der Waals surface area contributed by atoms with Gasteiger partial charge in [0.05, 0.1) is 22.6 Å². The zero-order chi connectivity index (χ0) is 21.1. The smallest absolute Gasteiger partial charge is 0.259 e. The van der Waals surface area contributed by atoms with Crippen LogP contribution in [-0.4, -0.2) is 15.9 Å². The number of hydrogen-bond donors (Lipinski definition) is 3. The van der Waals surface area contributed by atoms with Crippen LogP contribution in [0.5, 0.6) is 0 Å². The molecule has 0 radical (unpaired) electrons. The van der Waals surface area contributed by atoms with Crippen molar-refractivity contribution < 1.29 is 4.79 Å². The van der Waals surface area contributed by atoms with E-state index in [1.165, 1.54) is 6.92 Å². The lowest BCUT2D eigenvalue weighted by Crippen LogP contribution is -2.15. The van der Waals surface area contributed by atoms with E-state index in [1.54, 1.807) is 23.5 Å². The Labute approximate surface area is 178 Å². The summed E-state index contributed by atoms with van der Waals surface area (Å²) in [7, 11) is 0. The van der Waals surface area contributed by atoms with Gasteiger partial charge in [0.2, 0.25) is 5.91 Å². The number of carbonyl (C=O) groups excluding carboxylic acids is 1. The van der Waals surface area contributed by atoms with Crippen molar-refractivity contribution in [2.24, 2.45) is 5.92 Å². The van der Waals surface area contributed by atoms with Gasteiger partial charge >= 0.3 is 0 Å². The van der Waals surface area contributed by atoms with Gasteiger partial charge in [-0.15, -0.1) is 11.3 Å². The highest BCUT2D eigenvalue weighted by Gasteiger charge is 2.16. The van der Waals surface area contributed by atoms with Crippen molar-refractivity contribution in [3.8, 4) is 0 Å². The predicted octanol–water partition coefficient (Wildman–Crippen LogP) is 5.11. The van der Waals surface area contributed by atoms with E-state index in [9.17, 15) is 9.59 Å². The SMILES string of the molecule is CCC(C)Cc1c(C)sc2nc(CNc3ccc(NC(C)=O)c(Cl)c3)[nH]c(=O)c12. The minimum absolute atomic E-state index is 0.0894. The summed E-state index contributed by atoms with van der Waals surface area (Å²) in [6.07, 6.45) is 1.97. The molecule has 3 N–H and O–H groups in total. The van der Waals surface area contributed by atoms with Crippen LogP contribution in [0.1, 0.15) is 43.5 Å². The average Bonchev–Trinajstić information content (AvgIpc) is 2.97. The fraction of sp³-hybridized carbons (Fsp3) is 0.381. The average molecular weight is 433 g/mol. The number of hydrogen-bond acceptors (Lipinski definition) is 5. The van der Waals surface area contributed by atoms with Crippen LogP contribution < -0.4 is 16.2 Å². The normalized spacial score (nSPS) is 12.2. The summed E-state index contributed by atoms with van der Waals surface area (Å²) < 4.78 is 0. The Balaban J connectivity index is 1.80. The molecule has 1 unspecified atom stereocenters. The molecule has 2 heterocycles. The maximum atomic E-state index is 12.7. The van der Waals surface area contributed by atoms with Crippen molar-refractivity contribution >= 4 is 50.4 Å². The fourth-order valence-corrected chi connectivity index (χ4v) is 4.44. The summed E-state index contributed by atoms with van der Waals surface area (Å²) in [6, 6.07) is 5.27. The summed E-state index contributed by atoms with van der Waals surface area (Å²) >= 11 is 7.78. The van der Waals surface area contributed by atoms with Gasteiger partial charge in [-0.05, 0) is 43.0 Å². The molecule has 3 aromatic rings. The van der Waals surface area contributed by atoms with Crippen molar-refractivity contribution in [1.82, 2.24) is 9.97 Å². The summed E-state index contributed by atoms with van der Waals surface area (Å²) in [5.41, 5.74) is 2.36. The highest BCUT2D eigenvalue weighted by atomic mass is 35.5. The van der Waals surface area contributed by atoms with Crippen molar-refractivity contribution in [1.29, 1.82) is 0 Å². The Kier molecular flexibility index (Phi) is 6.59. The van der Waals surface area contributed by atoms with Crippen LogP contribution in [0.15, 0.2) is 23.0 Å². The number of H-pyrrole nitrogens is 1. The maximum absolute atomic E-state index is 12.7. The minimum Gasteiger partial charge on any atom is -0.378 e. The molecule has 154 valence electrons. The Morgan fingerprint density at radius 1 is 1.38 bits per heavy atom. The molecule has 0 fully saturated rings. The van der Waals surface area contributed by atoms with Gasteiger partial charge in [-0.1, -0.05) is 31.9 Å². The molecule has 29 heavy (non-hydrogen) atoms. The summed E-state index contributed by atoms with van der Waals surface area (Å²) in [5.74, 6) is 0.917. The molecular formula is C21H25ClN4O2S.